The number of amides is 1. The Labute approximate surface area is 143 Å². The minimum Gasteiger partial charge on any atom is -0.495 e. The van der Waals surface area contributed by atoms with Crippen LogP contribution in [0.15, 0.2) is 18.5 Å². The number of anilines is 1. The first-order valence-electron chi connectivity index (χ1n) is 7.12. The molecule has 124 valence electrons. The quantitative estimate of drug-likeness (QED) is 0.757. The zero-order valence-corrected chi connectivity index (χ0v) is 14.2. The van der Waals surface area contributed by atoms with Gasteiger partial charge in [0, 0.05) is 17.1 Å². The van der Waals surface area contributed by atoms with Gasteiger partial charge in [0.1, 0.15) is 17.2 Å². The maximum absolute atomic E-state index is 11.9. The largest absolute Gasteiger partial charge is 0.495 e. The van der Waals surface area contributed by atoms with E-state index in [2.05, 4.69) is 9.97 Å². The van der Waals surface area contributed by atoms with Gasteiger partial charge in [-0.25, -0.2) is 4.98 Å². The number of nitrogens with zero attached hydrogens (tertiary/aromatic N) is 3. The van der Waals surface area contributed by atoms with Crippen LogP contribution in [0.1, 0.15) is 21.6 Å². The third-order valence-electron chi connectivity index (χ3n) is 3.94. The van der Waals surface area contributed by atoms with Crippen molar-refractivity contribution in [1.29, 1.82) is 0 Å². The van der Waals surface area contributed by atoms with Gasteiger partial charge in [0.15, 0.2) is 0 Å². The Balaban J connectivity index is 2.49. The highest BCUT2D eigenvalue weighted by Gasteiger charge is 2.24. The van der Waals surface area contributed by atoms with Crippen molar-refractivity contribution in [3.05, 3.63) is 40.3 Å². The van der Waals surface area contributed by atoms with Gasteiger partial charge in [-0.2, -0.15) is 0 Å². The number of nitrogen functional groups attached to an aromatic ring is 1. The first kappa shape index (κ1) is 16.1. The minimum atomic E-state index is -0.647. The summed E-state index contributed by atoms with van der Waals surface area (Å²) < 4.78 is 7.00. The van der Waals surface area contributed by atoms with Gasteiger partial charge < -0.3 is 16.2 Å². The molecule has 4 N–H and O–H groups in total. The number of hydrogen-bond acceptors (Lipinski definition) is 5. The Kier molecular flexibility index (Phi) is 3.81. The summed E-state index contributed by atoms with van der Waals surface area (Å²) in [5.74, 6) is 0.145. The fraction of sp³-hybridized carbons (Fsp3) is 0.188. The SMILES string of the molecule is COc1cnc(C)c(-n2c(N)c(C(N)=O)c3cc(Cl)cnc32)c1C. The lowest BCUT2D eigenvalue weighted by atomic mass is 10.2. The Morgan fingerprint density at radius 3 is 2.62 bits per heavy atom. The normalized spacial score (nSPS) is 11.0. The zero-order chi connectivity index (χ0) is 17.6. The van der Waals surface area contributed by atoms with Crippen molar-refractivity contribution in [3.8, 4) is 11.4 Å². The van der Waals surface area contributed by atoms with Crippen molar-refractivity contribution in [2.24, 2.45) is 5.73 Å². The highest BCUT2D eigenvalue weighted by Crippen LogP contribution is 2.35. The number of ether oxygens (including phenoxy) is 1. The Hall–Kier alpha value is -2.80. The molecule has 7 nitrogen and oxygen atoms in total. The molecule has 3 aromatic heterocycles. The molecule has 8 heteroatoms. The van der Waals surface area contributed by atoms with Crippen molar-refractivity contribution < 1.29 is 9.53 Å². The molecule has 0 saturated heterocycles. The van der Waals surface area contributed by atoms with Crippen molar-refractivity contribution in [2.75, 3.05) is 12.8 Å². The molecule has 0 aliphatic heterocycles. The lowest BCUT2D eigenvalue weighted by Gasteiger charge is -2.15. The number of carbonyl (C=O) groups is 1. The summed E-state index contributed by atoms with van der Waals surface area (Å²) in [6, 6.07) is 1.62. The summed E-state index contributed by atoms with van der Waals surface area (Å²) in [7, 11) is 1.56. The van der Waals surface area contributed by atoms with E-state index in [0.717, 1.165) is 5.56 Å². The van der Waals surface area contributed by atoms with Crippen LogP contribution in [0.4, 0.5) is 5.82 Å². The molecule has 3 heterocycles. The smallest absolute Gasteiger partial charge is 0.253 e. The summed E-state index contributed by atoms with van der Waals surface area (Å²) in [6.45, 7) is 3.72. The molecule has 0 unspecified atom stereocenters. The van der Waals surface area contributed by atoms with E-state index in [1.165, 1.54) is 6.20 Å². The predicted octanol–water partition coefficient (Wildman–Crippen LogP) is 2.38. The van der Waals surface area contributed by atoms with Crippen LogP contribution < -0.4 is 16.2 Å². The van der Waals surface area contributed by atoms with Crippen LogP contribution in [0.2, 0.25) is 5.02 Å². The molecule has 3 aromatic rings. The van der Waals surface area contributed by atoms with E-state index < -0.39 is 5.91 Å². The van der Waals surface area contributed by atoms with Gasteiger partial charge >= 0.3 is 0 Å². The average molecular weight is 346 g/mol. The lowest BCUT2D eigenvalue weighted by molar-refractivity contribution is 0.100. The maximum Gasteiger partial charge on any atom is 0.253 e. The molecule has 0 aliphatic rings. The second-order valence-corrected chi connectivity index (χ2v) is 5.81. The Morgan fingerprint density at radius 1 is 1.29 bits per heavy atom. The first-order chi connectivity index (χ1) is 11.4. The summed E-state index contributed by atoms with van der Waals surface area (Å²) >= 11 is 6.02. The van der Waals surface area contributed by atoms with Crippen LogP contribution in [-0.2, 0) is 0 Å². The third kappa shape index (κ3) is 2.25. The Morgan fingerprint density at radius 2 is 2.00 bits per heavy atom. The number of aryl methyl sites for hydroxylation is 1. The molecule has 24 heavy (non-hydrogen) atoms. The van der Waals surface area contributed by atoms with E-state index in [1.54, 1.807) is 23.9 Å². The van der Waals surface area contributed by atoms with Gasteiger partial charge in [0.2, 0.25) is 0 Å². The highest BCUT2D eigenvalue weighted by molar-refractivity contribution is 6.31. The summed E-state index contributed by atoms with van der Waals surface area (Å²) in [4.78, 5) is 20.6. The molecule has 0 atom stereocenters. The summed E-state index contributed by atoms with van der Waals surface area (Å²) in [6.07, 6.45) is 3.12. The molecule has 0 aliphatic carbocycles. The van der Waals surface area contributed by atoms with Crippen LogP contribution >= 0.6 is 11.6 Å². The molecule has 0 spiro atoms. The highest BCUT2D eigenvalue weighted by atomic mass is 35.5. The van der Waals surface area contributed by atoms with E-state index in [9.17, 15) is 4.79 Å². The van der Waals surface area contributed by atoms with Crippen LogP contribution in [0, 0.1) is 13.8 Å². The van der Waals surface area contributed by atoms with E-state index in [0.29, 0.717) is 33.2 Å². The number of fused-ring (bicyclic) bond motifs is 1. The molecule has 0 fully saturated rings. The first-order valence-corrected chi connectivity index (χ1v) is 7.50. The summed E-state index contributed by atoms with van der Waals surface area (Å²) in [5.41, 5.74) is 14.6. The van der Waals surface area contributed by atoms with Crippen molar-refractivity contribution in [1.82, 2.24) is 14.5 Å². The molecular weight excluding hydrogens is 330 g/mol. The number of rotatable bonds is 3. The monoisotopic (exact) mass is 345 g/mol. The molecule has 0 aromatic carbocycles. The molecule has 3 rings (SSSR count). The Bertz CT molecular complexity index is 980. The van der Waals surface area contributed by atoms with E-state index in [-0.39, 0.29) is 11.4 Å². The number of nitrogens with two attached hydrogens (primary N) is 2. The second-order valence-electron chi connectivity index (χ2n) is 5.37. The van der Waals surface area contributed by atoms with Gasteiger partial charge in [0.05, 0.1) is 35.3 Å². The fourth-order valence-corrected chi connectivity index (χ4v) is 3.04. The van der Waals surface area contributed by atoms with E-state index in [4.69, 9.17) is 27.8 Å². The van der Waals surface area contributed by atoms with E-state index >= 15 is 0 Å². The molecule has 0 saturated carbocycles. The number of carbonyl (C=O) groups excluding carboxylic acids is 1. The van der Waals surface area contributed by atoms with Gasteiger partial charge in [-0.1, -0.05) is 11.6 Å². The third-order valence-corrected chi connectivity index (χ3v) is 4.15. The second kappa shape index (κ2) is 5.68. The molecule has 0 radical (unpaired) electrons. The standard InChI is InChI=1S/C16H16ClN5O2/c1-7-11(24-3)6-20-8(2)13(7)22-14(18)12(15(19)23)10-4-9(17)5-21-16(10)22/h4-6H,18H2,1-3H3,(H2,19,23). The number of primary amides is 1. The van der Waals surface area contributed by atoms with Crippen LogP contribution in [0.25, 0.3) is 16.7 Å². The minimum absolute atomic E-state index is 0.182. The number of methoxy groups -OCH3 is 1. The van der Waals surface area contributed by atoms with Crippen LogP contribution in [-0.4, -0.2) is 27.6 Å². The fourth-order valence-electron chi connectivity index (χ4n) is 2.88. The molecule has 1 amide bonds. The van der Waals surface area contributed by atoms with Gasteiger partial charge in [-0.15, -0.1) is 0 Å². The topological polar surface area (TPSA) is 109 Å². The van der Waals surface area contributed by atoms with Crippen molar-refractivity contribution in [3.63, 3.8) is 0 Å². The molecular formula is C16H16ClN5O2. The number of aromatic nitrogens is 3. The van der Waals surface area contributed by atoms with Gasteiger partial charge in [-0.05, 0) is 19.9 Å². The lowest BCUT2D eigenvalue weighted by Crippen LogP contribution is -2.14. The van der Waals surface area contributed by atoms with Crippen molar-refractivity contribution in [2.45, 2.75) is 13.8 Å². The van der Waals surface area contributed by atoms with Gasteiger partial charge in [-0.3, -0.25) is 14.3 Å². The number of hydrogen-bond donors (Lipinski definition) is 2. The summed E-state index contributed by atoms with van der Waals surface area (Å²) in [5, 5.41) is 0.883. The number of halogens is 1. The van der Waals surface area contributed by atoms with Crippen LogP contribution in [0.3, 0.4) is 0 Å². The number of pyridine rings is 2. The van der Waals surface area contributed by atoms with Gasteiger partial charge in [0.25, 0.3) is 5.91 Å². The predicted molar refractivity (Wildman–Crippen MR) is 92.8 cm³/mol. The van der Waals surface area contributed by atoms with E-state index in [1.807, 2.05) is 13.8 Å². The average Bonchev–Trinajstić information content (AvgIpc) is 2.79. The molecule has 0 bridgehead atoms. The van der Waals surface area contributed by atoms with Crippen LogP contribution in [0.5, 0.6) is 5.75 Å². The van der Waals surface area contributed by atoms with Crippen molar-refractivity contribution >= 4 is 34.4 Å². The maximum atomic E-state index is 11.9. The zero-order valence-electron chi connectivity index (χ0n) is 13.4.